The van der Waals surface area contributed by atoms with Crippen LogP contribution in [0.2, 0.25) is 0 Å². The third-order valence-corrected chi connectivity index (χ3v) is 4.14. The molecule has 0 bridgehead atoms. The summed E-state index contributed by atoms with van der Waals surface area (Å²) in [5.74, 6) is -0.725. The molecule has 0 unspecified atom stereocenters. The number of fused-ring (bicyclic) bond motifs is 1. The minimum absolute atomic E-state index is 0. The summed E-state index contributed by atoms with van der Waals surface area (Å²) in [7, 11) is 0. The Morgan fingerprint density at radius 2 is 1.88 bits per heavy atom. The number of aromatic nitrogens is 3. The number of imidazole rings is 1. The fourth-order valence-corrected chi connectivity index (χ4v) is 2.88. The number of hydrogen-bond acceptors (Lipinski definition) is 2. The van der Waals surface area contributed by atoms with Gasteiger partial charge in [-0.1, -0.05) is 33.6 Å². The van der Waals surface area contributed by atoms with Crippen LogP contribution in [0.5, 0.6) is 0 Å². The topological polar surface area (TPSA) is 30.2 Å². The monoisotopic (exact) mass is 423 g/mol. The Kier molecular flexibility index (Phi) is 5.82. The molecule has 0 amide bonds. The van der Waals surface area contributed by atoms with Gasteiger partial charge in [0.15, 0.2) is 0 Å². The third-order valence-electron chi connectivity index (χ3n) is 3.65. The van der Waals surface area contributed by atoms with Crippen molar-refractivity contribution >= 4 is 21.6 Å². The van der Waals surface area contributed by atoms with Crippen LogP contribution in [0.3, 0.4) is 0 Å². The van der Waals surface area contributed by atoms with E-state index in [1.54, 1.807) is 36.5 Å². The van der Waals surface area contributed by atoms with E-state index in [2.05, 4.69) is 32.2 Å². The van der Waals surface area contributed by atoms with E-state index < -0.39 is 0 Å². The average Bonchev–Trinajstić information content (AvgIpc) is 2.98. The maximum absolute atomic E-state index is 14.2. The number of rotatable bonds is 2. The van der Waals surface area contributed by atoms with Gasteiger partial charge in [0.25, 0.3) is 0 Å². The number of hydrogen-bond donors (Lipinski definition) is 0. The molecule has 4 aromatic rings. The predicted molar refractivity (Wildman–Crippen MR) is 90.3 cm³/mol. The van der Waals surface area contributed by atoms with Crippen molar-refractivity contribution in [2.45, 2.75) is 0 Å². The van der Waals surface area contributed by atoms with E-state index >= 15 is 0 Å². The molecule has 0 saturated carbocycles. The van der Waals surface area contributed by atoms with Gasteiger partial charge in [-0.05, 0) is 30.3 Å². The Hall–Kier alpha value is -0.964. The van der Waals surface area contributed by atoms with Gasteiger partial charge < -0.3 is 0 Å². The van der Waals surface area contributed by atoms with E-state index in [0.29, 0.717) is 32.5 Å². The molecule has 2 aromatic heterocycles. The first-order chi connectivity index (χ1) is 11.6. The average molecular weight is 424 g/mol. The minimum atomic E-state index is -0.385. The quantitative estimate of drug-likeness (QED) is 0.364. The van der Waals surface area contributed by atoms with Gasteiger partial charge in [0.05, 0.1) is 17.5 Å². The van der Waals surface area contributed by atoms with Gasteiger partial charge in [0.1, 0.15) is 11.6 Å². The molecule has 0 N–H and O–H groups in total. The summed E-state index contributed by atoms with van der Waals surface area (Å²) in [5, 5.41) is 4.09. The molecule has 0 aliphatic carbocycles. The van der Waals surface area contributed by atoms with E-state index in [4.69, 9.17) is 0 Å². The van der Waals surface area contributed by atoms with Gasteiger partial charge in [-0.3, -0.25) is 9.61 Å². The molecule has 0 saturated heterocycles. The second-order valence-electron chi connectivity index (χ2n) is 5.22. The first-order valence-electron chi connectivity index (χ1n) is 7.09. The van der Waals surface area contributed by atoms with E-state index in [-0.39, 0.29) is 63.0 Å². The molecule has 0 fully saturated rings. The molecule has 7 heteroatoms. The molecule has 3 nitrogen and oxygen atoms in total. The smallest absolute Gasteiger partial charge is 0.284 e. The predicted octanol–water partition coefficient (Wildman–Crippen LogP) is 1.91. The van der Waals surface area contributed by atoms with E-state index in [9.17, 15) is 8.78 Å². The molecule has 0 atom stereocenters. The van der Waals surface area contributed by atoms with Crippen LogP contribution in [-0.4, -0.2) is 14.6 Å². The molecule has 2 aromatic carbocycles. The summed E-state index contributed by atoms with van der Waals surface area (Å²) in [4.78, 5) is 4.48. The zero-order valence-electron chi connectivity index (χ0n) is 13.2. The summed E-state index contributed by atoms with van der Waals surface area (Å²) >= 11 is 3.23. The zero-order valence-corrected chi connectivity index (χ0v) is 17.9. The van der Waals surface area contributed by atoms with Gasteiger partial charge in [0.2, 0.25) is 0 Å². The SMILES string of the molecule is Fc1cccc(-c2c[c-]nn3cc(-c4ccc(Br)cc4F)nc23)c1.[K+]. The Morgan fingerprint density at radius 1 is 1.04 bits per heavy atom. The van der Waals surface area contributed by atoms with Gasteiger partial charge in [-0.25, -0.2) is 19.8 Å². The van der Waals surface area contributed by atoms with E-state index in [1.165, 1.54) is 22.7 Å². The molecule has 4 rings (SSSR count). The molecular formula is C18H9BrF2KN3. The number of halogens is 3. The Morgan fingerprint density at radius 3 is 2.64 bits per heavy atom. The van der Waals surface area contributed by atoms with Crippen LogP contribution < -0.4 is 51.4 Å². The van der Waals surface area contributed by atoms with Crippen LogP contribution in [0.15, 0.2) is 59.2 Å². The summed E-state index contributed by atoms with van der Waals surface area (Å²) in [6.45, 7) is 0. The minimum Gasteiger partial charge on any atom is -0.284 e. The summed E-state index contributed by atoms with van der Waals surface area (Å²) in [5.41, 5.74) is 2.66. The second-order valence-corrected chi connectivity index (χ2v) is 6.13. The third kappa shape index (κ3) is 3.76. The fourth-order valence-electron chi connectivity index (χ4n) is 2.55. The van der Waals surface area contributed by atoms with Crippen molar-refractivity contribution in [3.05, 3.63) is 77.0 Å². The molecule has 0 radical (unpaired) electrons. The van der Waals surface area contributed by atoms with Crippen molar-refractivity contribution in [3.63, 3.8) is 0 Å². The van der Waals surface area contributed by atoms with Crippen LogP contribution >= 0.6 is 15.9 Å². The summed E-state index contributed by atoms with van der Waals surface area (Å²) in [6, 6.07) is 12.6. The van der Waals surface area contributed by atoms with Crippen molar-refractivity contribution in [2.24, 2.45) is 0 Å². The van der Waals surface area contributed by atoms with Crippen LogP contribution in [0.25, 0.3) is 28.0 Å². The molecule has 118 valence electrons. The Balaban J connectivity index is 0.00000182. The van der Waals surface area contributed by atoms with Crippen molar-refractivity contribution < 1.29 is 60.2 Å². The standard InChI is InChI=1S/C18H9BrF2N3.K/c19-12-4-5-15(16(21)9-12)17-10-24-18(23-17)14(6-7-22-24)11-2-1-3-13(20)8-11;/h1-6,8-10H;/q-1;+1. The van der Waals surface area contributed by atoms with Crippen molar-refractivity contribution in [3.8, 4) is 22.4 Å². The maximum Gasteiger partial charge on any atom is 1.00 e. The summed E-state index contributed by atoms with van der Waals surface area (Å²) in [6.07, 6.45) is 4.39. The van der Waals surface area contributed by atoms with Crippen molar-refractivity contribution in [1.82, 2.24) is 14.6 Å². The molecule has 2 heterocycles. The van der Waals surface area contributed by atoms with E-state index in [1.807, 2.05) is 0 Å². The Bertz CT molecular complexity index is 1070. The number of nitrogens with zero attached hydrogens (tertiary/aromatic N) is 3. The van der Waals surface area contributed by atoms with Crippen molar-refractivity contribution in [1.29, 1.82) is 0 Å². The van der Waals surface area contributed by atoms with Gasteiger partial charge in [-0.15, -0.1) is 11.8 Å². The van der Waals surface area contributed by atoms with Gasteiger partial charge >= 0.3 is 51.4 Å². The van der Waals surface area contributed by atoms with Crippen LogP contribution in [0, 0.1) is 17.8 Å². The van der Waals surface area contributed by atoms with Crippen LogP contribution in [0.4, 0.5) is 8.78 Å². The Labute approximate surface area is 193 Å². The van der Waals surface area contributed by atoms with Crippen molar-refractivity contribution in [2.75, 3.05) is 0 Å². The molecule has 0 aliphatic rings. The number of benzene rings is 2. The molecule has 25 heavy (non-hydrogen) atoms. The zero-order chi connectivity index (χ0) is 16.7. The second kappa shape index (κ2) is 7.73. The first-order valence-corrected chi connectivity index (χ1v) is 7.89. The molecule has 0 aliphatic heterocycles. The first kappa shape index (κ1) is 18.8. The molecule has 0 spiro atoms. The molecular weight excluding hydrogens is 415 g/mol. The maximum atomic E-state index is 14.2. The fraction of sp³-hybridized carbons (Fsp3) is 0. The van der Waals surface area contributed by atoms with Gasteiger partial charge in [0, 0.05) is 10.0 Å². The van der Waals surface area contributed by atoms with E-state index in [0.717, 1.165) is 0 Å². The largest absolute Gasteiger partial charge is 1.00 e. The van der Waals surface area contributed by atoms with Crippen LogP contribution in [0.1, 0.15) is 0 Å². The van der Waals surface area contributed by atoms with Crippen LogP contribution in [-0.2, 0) is 0 Å². The summed E-state index contributed by atoms with van der Waals surface area (Å²) < 4.78 is 29.9. The normalized spacial score (nSPS) is 10.7. The van der Waals surface area contributed by atoms with Gasteiger partial charge in [-0.2, -0.15) is 0 Å².